The summed E-state index contributed by atoms with van der Waals surface area (Å²) in [6.07, 6.45) is 0.255. The minimum Gasteiger partial charge on any atom is -0.273 e. The average molecular weight is 353 g/mol. The van der Waals surface area contributed by atoms with E-state index < -0.39 is 11.7 Å². The predicted molar refractivity (Wildman–Crippen MR) is 89.6 cm³/mol. The highest BCUT2D eigenvalue weighted by molar-refractivity contribution is 7.98. The van der Waals surface area contributed by atoms with Crippen molar-refractivity contribution in [3.8, 4) is 0 Å². The van der Waals surface area contributed by atoms with Crippen LogP contribution >= 0.6 is 23.1 Å². The number of hydrazine groups is 1. The molecule has 2 amide bonds. The minimum absolute atomic E-state index is 0.110. The summed E-state index contributed by atoms with van der Waals surface area (Å²) in [4.78, 5) is 27.7. The predicted octanol–water partition coefficient (Wildman–Crippen LogP) is 2.68. The average Bonchev–Trinajstić information content (AvgIpc) is 2.95. The summed E-state index contributed by atoms with van der Waals surface area (Å²) in [6.45, 7) is 1.95. The Kier molecular flexibility index (Phi) is 6.54. The number of hydrogen-bond donors (Lipinski definition) is 2. The Balaban J connectivity index is 1.65. The first-order chi connectivity index (χ1) is 11.1. The lowest BCUT2D eigenvalue weighted by Gasteiger charge is -2.07. The van der Waals surface area contributed by atoms with Crippen molar-refractivity contribution in [3.63, 3.8) is 0 Å². The number of halogens is 1. The highest BCUT2D eigenvalue weighted by atomic mass is 32.2. The van der Waals surface area contributed by atoms with E-state index in [4.69, 9.17) is 0 Å². The first-order valence-electron chi connectivity index (χ1n) is 6.88. The van der Waals surface area contributed by atoms with Crippen LogP contribution in [0.1, 0.15) is 27.5 Å². The molecule has 2 N–H and O–H groups in total. The Bertz CT molecular complexity index is 691. The quantitative estimate of drug-likeness (QED) is 0.619. The number of carbonyl (C=O) groups excluding carboxylic acids is 2. The number of benzene rings is 1. The molecule has 0 unspecified atom stereocenters. The van der Waals surface area contributed by atoms with Crippen LogP contribution in [-0.2, 0) is 10.5 Å². The third-order valence-corrected chi connectivity index (χ3v) is 4.64. The van der Waals surface area contributed by atoms with Gasteiger partial charge in [-0.2, -0.15) is 11.8 Å². The number of thiazole rings is 1. The van der Waals surface area contributed by atoms with E-state index in [-0.39, 0.29) is 17.9 Å². The zero-order valence-corrected chi connectivity index (χ0v) is 14.1. The van der Waals surface area contributed by atoms with Crippen LogP contribution in [0.3, 0.4) is 0 Å². The van der Waals surface area contributed by atoms with Gasteiger partial charge in [0.1, 0.15) is 5.82 Å². The lowest BCUT2D eigenvalue weighted by Crippen LogP contribution is -2.42. The van der Waals surface area contributed by atoms with E-state index >= 15 is 0 Å². The third-order valence-electron chi connectivity index (χ3n) is 2.82. The maximum Gasteiger partial charge on any atom is 0.272 e. The van der Waals surface area contributed by atoms with Crippen molar-refractivity contribution in [1.82, 2.24) is 15.8 Å². The number of carbonyl (C=O) groups is 2. The number of aryl methyl sites for hydroxylation is 1. The van der Waals surface area contributed by atoms with Gasteiger partial charge in [0.2, 0.25) is 5.91 Å². The van der Waals surface area contributed by atoms with Gasteiger partial charge in [-0.15, -0.1) is 11.3 Å². The maximum absolute atomic E-state index is 13.4. The van der Waals surface area contributed by atoms with Gasteiger partial charge in [0.05, 0.1) is 16.3 Å². The fraction of sp³-hybridized carbons (Fsp3) is 0.267. The van der Waals surface area contributed by atoms with Crippen LogP contribution in [0, 0.1) is 12.7 Å². The fourth-order valence-electron chi connectivity index (χ4n) is 1.72. The maximum atomic E-state index is 13.4. The number of hydrogen-bond acceptors (Lipinski definition) is 5. The van der Waals surface area contributed by atoms with Crippen molar-refractivity contribution in [2.24, 2.45) is 0 Å². The van der Waals surface area contributed by atoms with Gasteiger partial charge in [0.25, 0.3) is 5.91 Å². The molecule has 0 spiro atoms. The first kappa shape index (κ1) is 17.4. The van der Waals surface area contributed by atoms with Gasteiger partial charge in [0.15, 0.2) is 0 Å². The molecular formula is C15H16FN3O2S2. The summed E-state index contributed by atoms with van der Waals surface area (Å²) >= 11 is 3.19. The van der Waals surface area contributed by atoms with Gasteiger partial charge in [-0.1, -0.05) is 12.1 Å². The van der Waals surface area contributed by atoms with Crippen LogP contribution < -0.4 is 10.9 Å². The lowest BCUT2D eigenvalue weighted by atomic mass is 10.2. The molecule has 1 heterocycles. The number of thioether (sulfide) groups is 1. The first-order valence-corrected chi connectivity index (χ1v) is 8.92. The fourth-order valence-corrected chi connectivity index (χ4v) is 3.27. The molecule has 0 bridgehead atoms. The van der Waals surface area contributed by atoms with Crippen molar-refractivity contribution in [2.45, 2.75) is 19.1 Å². The molecule has 0 saturated heterocycles. The van der Waals surface area contributed by atoms with Gasteiger partial charge in [0, 0.05) is 23.3 Å². The highest BCUT2D eigenvalue weighted by Gasteiger charge is 2.11. The van der Waals surface area contributed by atoms with E-state index in [1.165, 1.54) is 18.2 Å². The Hall–Kier alpha value is -1.93. The second-order valence-corrected chi connectivity index (χ2v) is 6.81. The van der Waals surface area contributed by atoms with Crippen molar-refractivity contribution in [1.29, 1.82) is 0 Å². The molecular weight excluding hydrogens is 337 g/mol. The second kappa shape index (κ2) is 8.64. The van der Waals surface area contributed by atoms with Gasteiger partial charge in [-0.05, 0) is 19.1 Å². The molecule has 0 aliphatic heterocycles. The summed E-state index contributed by atoms with van der Waals surface area (Å²) in [5.74, 6) is -0.274. The van der Waals surface area contributed by atoms with Crippen molar-refractivity contribution in [2.75, 3.05) is 5.75 Å². The van der Waals surface area contributed by atoms with Gasteiger partial charge in [-0.25, -0.2) is 9.37 Å². The molecule has 8 heteroatoms. The van der Waals surface area contributed by atoms with E-state index in [9.17, 15) is 14.0 Å². The molecule has 0 aliphatic rings. The Morgan fingerprint density at radius 3 is 2.78 bits per heavy atom. The molecule has 1 aromatic heterocycles. The molecule has 2 aromatic rings. The molecule has 0 fully saturated rings. The van der Waals surface area contributed by atoms with E-state index in [2.05, 4.69) is 15.8 Å². The molecule has 0 aliphatic carbocycles. The number of nitrogens with one attached hydrogen (secondary N) is 2. The molecule has 0 radical (unpaired) electrons. The molecule has 23 heavy (non-hydrogen) atoms. The summed E-state index contributed by atoms with van der Waals surface area (Å²) < 4.78 is 13.4. The molecule has 1 aromatic carbocycles. The van der Waals surface area contributed by atoms with E-state index in [1.807, 2.05) is 12.3 Å². The van der Waals surface area contributed by atoms with Crippen molar-refractivity contribution in [3.05, 3.63) is 51.7 Å². The van der Waals surface area contributed by atoms with Crippen LogP contribution in [0.25, 0.3) is 0 Å². The molecule has 0 atom stereocenters. The van der Waals surface area contributed by atoms with Crippen LogP contribution in [0.15, 0.2) is 29.6 Å². The van der Waals surface area contributed by atoms with Crippen molar-refractivity contribution < 1.29 is 14.0 Å². The normalized spacial score (nSPS) is 10.3. The summed E-state index contributed by atoms with van der Waals surface area (Å²) in [5, 5.41) is 3.02. The van der Waals surface area contributed by atoms with Crippen LogP contribution in [0.5, 0.6) is 0 Å². The number of rotatable bonds is 6. The van der Waals surface area contributed by atoms with Crippen LogP contribution in [0.4, 0.5) is 4.39 Å². The third kappa shape index (κ3) is 5.65. The molecule has 0 saturated carbocycles. The van der Waals surface area contributed by atoms with Gasteiger partial charge < -0.3 is 0 Å². The number of amides is 2. The Labute approximate surface area is 141 Å². The zero-order chi connectivity index (χ0) is 16.7. The van der Waals surface area contributed by atoms with Crippen LogP contribution in [-0.4, -0.2) is 22.6 Å². The molecule has 122 valence electrons. The highest BCUT2D eigenvalue weighted by Crippen LogP contribution is 2.15. The summed E-state index contributed by atoms with van der Waals surface area (Å²) in [6, 6.07) is 5.58. The van der Waals surface area contributed by atoms with Crippen LogP contribution in [0.2, 0.25) is 0 Å². The monoisotopic (exact) mass is 353 g/mol. The minimum atomic E-state index is -0.679. The van der Waals surface area contributed by atoms with E-state index in [0.29, 0.717) is 5.75 Å². The SMILES string of the molecule is Cc1nc(CSCCC(=O)NNC(=O)c2ccccc2F)cs1. The van der Waals surface area contributed by atoms with E-state index in [1.54, 1.807) is 29.2 Å². The molecule has 2 rings (SSSR count). The largest absolute Gasteiger partial charge is 0.273 e. The standard InChI is InChI=1S/C15H16FN3O2S2/c1-10-17-11(9-23-10)8-22-7-6-14(20)18-19-15(21)12-4-2-3-5-13(12)16/h2-5,9H,6-8H2,1H3,(H,18,20)(H,19,21). The number of nitrogens with zero attached hydrogens (tertiary/aromatic N) is 1. The van der Waals surface area contributed by atoms with Gasteiger partial charge in [-0.3, -0.25) is 20.4 Å². The van der Waals surface area contributed by atoms with Gasteiger partial charge >= 0.3 is 0 Å². The van der Waals surface area contributed by atoms with E-state index in [0.717, 1.165) is 16.5 Å². The zero-order valence-electron chi connectivity index (χ0n) is 12.5. The number of aromatic nitrogens is 1. The Morgan fingerprint density at radius 2 is 2.09 bits per heavy atom. The molecule has 5 nitrogen and oxygen atoms in total. The summed E-state index contributed by atoms with van der Waals surface area (Å²) in [7, 11) is 0. The van der Waals surface area contributed by atoms with Crippen molar-refractivity contribution >= 4 is 34.9 Å². The Morgan fingerprint density at radius 1 is 1.30 bits per heavy atom. The summed E-state index contributed by atoms with van der Waals surface area (Å²) in [5.41, 5.74) is 5.38. The smallest absolute Gasteiger partial charge is 0.272 e. The second-order valence-electron chi connectivity index (χ2n) is 4.64. The topological polar surface area (TPSA) is 71.1 Å². The lowest BCUT2D eigenvalue weighted by molar-refractivity contribution is -0.121.